The molecule has 0 aromatic carbocycles. The van der Waals surface area contributed by atoms with Crippen LogP contribution in [0.15, 0.2) is 0 Å². The molecule has 0 atom stereocenters. The molecule has 15 heavy (non-hydrogen) atoms. The van der Waals surface area contributed by atoms with Gasteiger partial charge in [0.15, 0.2) is 0 Å². The largest absolute Gasteiger partial charge is 0.480 e. The van der Waals surface area contributed by atoms with Crippen molar-refractivity contribution in [2.75, 3.05) is 20.3 Å². The standard InChI is InChI=1S/C10H17NO4/c1-15-7-3-2-6-11-8(12)10(4-5-10)9(13)14/h2-7H2,1H3,(H,11,12)(H,13,14). The van der Waals surface area contributed by atoms with Gasteiger partial charge in [-0.2, -0.15) is 0 Å². The zero-order valence-corrected chi connectivity index (χ0v) is 8.91. The molecule has 1 rings (SSSR count). The average molecular weight is 215 g/mol. The fourth-order valence-electron chi connectivity index (χ4n) is 1.41. The number of nitrogens with one attached hydrogen (secondary N) is 1. The molecule has 1 aliphatic rings. The third-order valence-corrected chi connectivity index (χ3v) is 2.65. The Morgan fingerprint density at radius 3 is 2.53 bits per heavy atom. The maximum absolute atomic E-state index is 11.5. The molecule has 1 amide bonds. The molecule has 0 aromatic rings. The highest BCUT2D eigenvalue weighted by molar-refractivity contribution is 6.04. The van der Waals surface area contributed by atoms with E-state index in [-0.39, 0.29) is 5.91 Å². The summed E-state index contributed by atoms with van der Waals surface area (Å²) in [6, 6.07) is 0. The number of carbonyl (C=O) groups is 2. The Kier molecular flexibility index (Phi) is 4.08. The van der Waals surface area contributed by atoms with Gasteiger partial charge in [-0.3, -0.25) is 9.59 Å². The number of carboxylic acid groups (broad SMARTS) is 1. The van der Waals surface area contributed by atoms with Crippen LogP contribution in [0.25, 0.3) is 0 Å². The molecule has 0 spiro atoms. The van der Waals surface area contributed by atoms with Gasteiger partial charge in [-0.05, 0) is 25.7 Å². The summed E-state index contributed by atoms with van der Waals surface area (Å²) in [6.07, 6.45) is 2.62. The molecule has 86 valence electrons. The molecule has 1 fully saturated rings. The fraction of sp³-hybridized carbons (Fsp3) is 0.800. The van der Waals surface area contributed by atoms with Crippen molar-refractivity contribution in [1.82, 2.24) is 5.32 Å². The average Bonchev–Trinajstić information content (AvgIpc) is 2.97. The lowest BCUT2D eigenvalue weighted by molar-refractivity contribution is -0.149. The summed E-state index contributed by atoms with van der Waals surface area (Å²) in [5.41, 5.74) is -1.11. The molecule has 0 saturated heterocycles. The smallest absolute Gasteiger partial charge is 0.319 e. The summed E-state index contributed by atoms with van der Waals surface area (Å²) in [5, 5.41) is 11.5. The summed E-state index contributed by atoms with van der Waals surface area (Å²) in [7, 11) is 1.63. The zero-order chi connectivity index (χ0) is 11.3. The number of methoxy groups -OCH3 is 1. The topological polar surface area (TPSA) is 75.6 Å². The molecule has 0 heterocycles. The summed E-state index contributed by atoms with van der Waals surface area (Å²) in [5.74, 6) is -1.34. The van der Waals surface area contributed by atoms with E-state index in [4.69, 9.17) is 9.84 Å². The van der Waals surface area contributed by atoms with Crippen molar-refractivity contribution in [2.24, 2.45) is 5.41 Å². The second-order valence-electron chi connectivity index (χ2n) is 3.84. The minimum atomic E-state index is -1.11. The lowest BCUT2D eigenvalue weighted by atomic mass is 10.1. The van der Waals surface area contributed by atoms with Crippen LogP contribution in [0.2, 0.25) is 0 Å². The minimum Gasteiger partial charge on any atom is -0.480 e. The number of rotatable bonds is 7. The van der Waals surface area contributed by atoms with E-state index in [1.54, 1.807) is 7.11 Å². The molecule has 0 radical (unpaired) electrons. The first kappa shape index (κ1) is 12.0. The summed E-state index contributed by atoms with van der Waals surface area (Å²) >= 11 is 0. The van der Waals surface area contributed by atoms with E-state index in [2.05, 4.69) is 5.32 Å². The van der Waals surface area contributed by atoms with Crippen molar-refractivity contribution in [1.29, 1.82) is 0 Å². The molecule has 0 bridgehead atoms. The minimum absolute atomic E-state index is 0.340. The predicted molar refractivity (Wildman–Crippen MR) is 53.4 cm³/mol. The Balaban J connectivity index is 2.17. The van der Waals surface area contributed by atoms with Gasteiger partial charge >= 0.3 is 5.97 Å². The predicted octanol–water partition coefficient (Wildman–Crippen LogP) is 0.394. The maximum atomic E-state index is 11.5. The van der Waals surface area contributed by atoms with Gasteiger partial charge in [-0.1, -0.05) is 0 Å². The molecule has 1 saturated carbocycles. The maximum Gasteiger partial charge on any atom is 0.319 e. The normalized spacial score (nSPS) is 17.1. The SMILES string of the molecule is COCCCCNC(=O)C1(C(=O)O)CC1. The van der Waals surface area contributed by atoms with E-state index in [0.29, 0.717) is 26.0 Å². The number of aliphatic carboxylic acids is 1. The molecular weight excluding hydrogens is 198 g/mol. The summed E-state index contributed by atoms with van der Waals surface area (Å²) in [4.78, 5) is 22.3. The highest BCUT2D eigenvalue weighted by Crippen LogP contribution is 2.45. The van der Waals surface area contributed by atoms with Crippen molar-refractivity contribution in [3.05, 3.63) is 0 Å². The summed E-state index contributed by atoms with van der Waals surface area (Å²) < 4.78 is 4.86. The van der Waals surface area contributed by atoms with Crippen LogP contribution in [0.1, 0.15) is 25.7 Å². The van der Waals surface area contributed by atoms with Gasteiger partial charge in [0.25, 0.3) is 0 Å². The van der Waals surface area contributed by atoms with Crippen molar-refractivity contribution in [3.63, 3.8) is 0 Å². The fourth-order valence-corrected chi connectivity index (χ4v) is 1.41. The van der Waals surface area contributed by atoms with E-state index in [0.717, 1.165) is 12.8 Å². The first-order chi connectivity index (χ1) is 7.13. The molecule has 0 aromatic heterocycles. The Morgan fingerprint density at radius 2 is 2.07 bits per heavy atom. The van der Waals surface area contributed by atoms with Gasteiger partial charge in [0, 0.05) is 20.3 Å². The Labute approximate surface area is 88.8 Å². The molecular formula is C10H17NO4. The molecule has 2 N–H and O–H groups in total. The third-order valence-electron chi connectivity index (χ3n) is 2.65. The van der Waals surface area contributed by atoms with Crippen LogP contribution < -0.4 is 5.32 Å². The van der Waals surface area contributed by atoms with Gasteiger partial charge in [0.05, 0.1) is 0 Å². The molecule has 5 nitrogen and oxygen atoms in total. The van der Waals surface area contributed by atoms with Crippen molar-refractivity contribution in [3.8, 4) is 0 Å². The lowest BCUT2D eigenvalue weighted by Crippen LogP contribution is -2.37. The quantitative estimate of drug-likeness (QED) is 0.476. The molecule has 5 heteroatoms. The van der Waals surface area contributed by atoms with Gasteiger partial charge in [-0.15, -0.1) is 0 Å². The van der Waals surface area contributed by atoms with E-state index in [1.807, 2.05) is 0 Å². The van der Waals surface area contributed by atoms with E-state index in [1.165, 1.54) is 0 Å². The first-order valence-electron chi connectivity index (χ1n) is 5.14. The van der Waals surface area contributed by atoms with Crippen molar-refractivity contribution >= 4 is 11.9 Å². The molecule has 0 aliphatic heterocycles. The van der Waals surface area contributed by atoms with Crippen LogP contribution in [0, 0.1) is 5.41 Å². The Morgan fingerprint density at radius 1 is 1.40 bits per heavy atom. The van der Waals surface area contributed by atoms with Gasteiger partial charge in [0.1, 0.15) is 5.41 Å². The van der Waals surface area contributed by atoms with Crippen LogP contribution in [-0.2, 0) is 14.3 Å². The highest BCUT2D eigenvalue weighted by atomic mass is 16.5. The molecule has 1 aliphatic carbocycles. The van der Waals surface area contributed by atoms with Crippen LogP contribution in [-0.4, -0.2) is 37.2 Å². The second-order valence-corrected chi connectivity index (χ2v) is 3.84. The second kappa shape index (κ2) is 5.11. The van der Waals surface area contributed by atoms with Gasteiger partial charge in [0.2, 0.25) is 5.91 Å². The van der Waals surface area contributed by atoms with Crippen LogP contribution in [0.5, 0.6) is 0 Å². The number of amides is 1. The van der Waals surface area contributed by atoms with Gasteiger partial charge in [-0.25, -0.2) is 0 Å². The number of carbonyl (C=O) groups excluding carboxylic acids is 1. The zero-order valence-electron chi connectivity index (χ0n) is 8.91. The lowest BCUT2D eigenvalue weighted by Gasteiger charge is -2.10. The number of carboxylic acids is 1. The van der Waals surface area contributed by atoms with Crippen LogP contribution >= 0.6 is 0 Å². The van der Waals surface area contributed by atoms with E-state index in [9.17, 15) is 9.59 Å². The van der Waals surface area contributed by atoms with E-state index >= 15 is 0 Å². The van der Waals surface area contributed by atoms with Gasteiger partial charge < -0.3 is 15.2 Å². The number of hydrogen-bond donors (Lipinski definition) is 2. The number of ether oxygens (including phenoxy) is 1. The van der Waals surface area contributed by atoms with Crippen LogP contribution in [0.4, 0.5) is 0 Å². The third kappa shape index (κ3) is 2.92. The van der Waals surface area contributed by atoms with Crippen molar-refractivity contribution in [2.45, 2.75) is 25.7 Å². The highest BCUT2D eigenvalue weighted by Gasteiger charge is 2.56. The Bertz CT molecular complexity index is 248. The number of hydrogen-bond acceptors (Lipinski definition) is 3. The monoisotopic (exact) mass is 215 g/mol. The molecule has 0 unspecified atom stereocenters. The van der Waals surface area contributed by atoms with Crippen LogP contribution in [0.3, 0.4) is 0 Å². The van der Waals surface area contributed by atoms with Crippen molar-refractivity contribution < 1.29 is 19.4 Å². The van der Waals surface area contributed by atoms with E-state index < -0.39 is 11.4 Å². The summed E-state index contributed by atoms with van der Waals surface area (Å²) in [6.45, 7) is 1.19. The first-order valence-corrected chi connectivity index (χ1v) is 5.14. The Hall–Kier alpha value is -1.10. The number of unbranched alkanes of at least 4 members (excludes halogenated alkanes) is 1.